The van der Waals surface area contributed by atoms with Crippen LogP contribution in [0, 0.1) is 6.92 Å². The number of aryl methyl sites for hydroxylation is 1. The van der Waals surface area contributed by atoms with Gasteiger partial charge in [0.15, 0.2) is 0 Å². The number of ketones is 1. The van der Waals surface area contributed by atoms with E-state index in [1.54, 1.807) is 18.0 Å². The zero-order chi connectivity index (χ0) is 10.6. The van der Waals surface area contributed by atoms with Gasteiger partial charge in [-0.2, -0.15) is 12.6 Å². The van der Waals surface area contributed by atoms with E-state index in [-0.39, 0.29) is 10.4 Å². The van der Waals surface area contributed by atoms with Crippen molar-refractivity contribution in [1.82, 2.24) is 0 Å². The van der Waals surface area contributed by atoms with Crippen molar-refractivity contribution in [3.63, 3.8) is 0 Å². The van der Waals surface area contributed by atoms with Gasteiger partial charge in [0, 0.05) is 17.7 Å². The van der Waals surface area contributed by atoms with Crippen molar-refractivity contribution < 1.29 is 9.21 Å². The zero-order valence-electron chi connectivity index (χ0n) is 8.32. The summed E-state index contributed by atoms with van der Waals surface area (Å²) >= 11 is 5.93. The van der Waals surface area contributed by atoms with Crippen LogP contribution in [0.2, 0.25) is 0 Å². The van der Waals surface area contributed by atoms with Crippen molar-refractivity contribution >= 4 is 30.2 Å². The van der Waals surface area contributed by atoms with Gasteiger partial charge in [0.2, 0.25) is 0 Å². The number of hydrogen-bond donors (Lipinski definition) is 1. The Morgan fingerprint density at radius 1 is 1.71 bits per heavy atom. The van der Waals surface area contributed by atoms with Crippen LogP contribution in [0.25, 0.3) is 0 Å². The van der Waals surface area contributed by atoms with E-state index in [1.807, 2.05) is 19.9 Å². The molecule has 1 aromatic rings. The van der Waals surface area contributed by atoms with E-state index in [9.17, 15) is 4.79 Å². The van der Waals surface area contributed by atoms with Crippen molar-refractivity contribution in [2.45, 2.75) is 36.2 Å². The fourth-order valence-corrected chi connectivity index (χ4v) is 2.48. The Labute approximate surface area is 93.9 Å². The Hall–Kier alpha value is -0.350. The first kappa shape index (κ1) is 11.7. The van der Waals surface area contributed by atoms with Crippen LogP contribution in [0.3, 0.4) is 0 Å². The minimum Gasteiger partial charge on any atom is -0.468 e. The minimum atomic E-state index is 0.0266. The quantitative estimate of drug-likeness (QED) is 0.478. The largest absolute Gasteiger partial charge is 0.468 e. The lowest BCUT2D eigenvalue weighted by Gasteiger charge is -2.07. The molecular weight excluding hydrogens is 216 g/mol. The molecule has 1 unspecified atom stereocenters. The molecule has 0 amide bonds. The van der Waals surface area contributed by atoms with E-state index < -0.39 is 0 Å². The Kier molecular flexibility index (Phi) is 4.62. The molecule has 1 aromatic heterocycles. The summed E-state index contributed by atoms with van der Waals surface area (Å²) in [5, 5.41) is 0. The van der Waals surface area contributed by atoms with Crippen molar-refractivity contribution in [3.8, 4) is 0 Å². The third-order valence-electron chi connectivity index (χ3n) is 1.87. The van der Waals surface area contributed by atoms with Crippen LogP contribution in [0.5, 0.6) is 0 Å². The maximum Gasteiger partial charge on any atom is 0.134 e. The molecule has 4 heteroatoms. The second-order valence-corrected chi connectivity index (χ2v) is 5.23. The number of hydrogen-bond acceptors (Lipinski definition) is 4. The van der Waals surface area contributed by atoms with Crippen LogP contribution < -0.4 is 0 Å². The van der Waals surface area contributed by atoms with Gasteiger partial charge in [0.05, 0.1) is 10.8 Å². The Morgan fingerprint density at radius 2 is 2.43 bits per heavy atom. The fraction of sp³-hybridized carbons (Fsp3) is 0.500. The average Bonchev–Trinajstić information content (AvgIpc) is 2.51. The fourth-order valence-electron chi connectivity index (χ4n) is 1.02. The van der Waals surface area contributed by atoms with Gasteiger partial charge in [-0.15, -0.1) is 11.8 Å². The van der Waals surface area contributed by atoms with Crippen molar-refractivity contribution in [3.05, 3.63) is 18.1 Å². The number of carbonyl (C=O) groups excluding carboxylic acids is 1. The van der Waals surface area contributed by atoms with Gasteiger partial charge in [0.1, 0.15) is 11.5 Å². The van der Waals surface area contributed by atoms with Gasteiger partial charge in [-0.05, 0) is 13.0 Å². The summed E-state index contributed by atoms with van der Waals surface area (Å²) in [6.45, 7) is 3.78. The summed E-state index contributed by atoms with van der Waals surface area (Å²) in [7, 11) is 0. The lowest BCUT2D eigenvalue weighted by Crippen LogP contribution is -2.03. The SMILES string of the molecule is CCC(=O)CC(S)Sc1ccoc1C. The summed E-state index contributed by atoms with van der Waals surface area (Å²) in [5.74, 6) is 1.14. The second-order valence-electron chi connectivity index (χ2n) is 3.01. The Morgan fingerprint density at radius 3 is 2.93 bits per heavy atom. The molecule has 0 aliphatic carbocycles. The predicted molar refractivity (Wildman–Crippen MR) is 62.0 cm³/mol. The van der Waals surface area contributed by atoms with Gasteiger partial charge in [0.25, 0.3) is 0 Å². The zero-order valence-corrected chi connectivity index (χ0v) is 10.0. The Bertz CT molecular complexity index is 307. The first-order valence-electron chi connectivity index (χ1n) is 4.54. The topological polar surface area (TPSA) is 30.2 Å². The number of furan rings is 1. The summed E-state index contributed by atoms with van der Waals surface area (Å²) < 4.78 is 5.18. The molecule has 2 nitrogen and oxygen atoms in total. The second kappa shape index (κ2) is 5.51. The van der Waals surface area contributed by atoms with E-state index in [0.29, 0.717) is 12.8 Å². The van der Waals surface area contributed by atoms with Gasteiger partial charge >= 0.3 is 0 Å². The molecule has 0 saturated carbocycles. The van der Waals surface area contributed by atoms with Crippen LogP contribution in [0.1, 0.15) is 25.5 Å². The van der Waals surface area contributed by atoms with Gasteiger partial charge in [-0.25, -0.2) is 0 Å². The molecule has 0 radical (unpaired) electrons. The lowest BCUT2D eigenvalue weighted by molar-refractivity contribution is -0.118. The van der Waals surface area contributed by atoms with Gasteiger partial charge < -0.3 is 4.42 Å². The number of thioether (sulfide) groups is 1. The smallest absolute Gasteiger partial charge is 0.134 e. The highest BCUT2D eigenvalue weighted by molar-refractivity contribution is 8.10. The highest BCUT2D eigenvalue weighted by Crippen LogP contribution is 2.31. The van der Waals surface area contributed by atoms with Crippen LogP contribution >= 0.6 is 24.4 Å². The maximum atomic E-state index is 11.1. The van der Waals surface area contributed by atoms with E-state index in [0.717, 1.165) is 10.7 Å². The number of thiol groups is 1. The molecule has 0 saturated heterocycles. The minimum absolute atomic E-state index is 0.0266. The number of rotatable bonds is 5. The molecule has 0 aromatic carbocycles. The van der Waals surface area contributed by atoms with Crippen molar-refractivity contribution in [1.29, 1.82) is 0 Å². The standard InChI is InChI=1S/C10H14O2S2/c1-3-8(11)6-10(13)14-9-4-5-12-7(9)2/h4-5,10,13H,3,6H2,1-2H3. The number of Topliss-reactive ketones (excluding diaryl/α,β-unsaturated/α-hetero) is 1. The summed E-state index contributed by atoms with van der Waals surface area (Å²) in [4.78, 5) is 12.2. The maximum absolute atomic E-state index is 11.1. The average molecular weight is 230 g/mol. The van der Waals surface area contributed by atoms with Crippen LogP contribution in [0.15, 0.2) is 21.6 Å². The molecule has 0 fully saturated rings. The van der Waals surface area contributed by atoms with Crippen molar-refractivity contribution in [2.24, 2.45) is 0 Å². The lowest BCUT2D eigenvalue weighted by atomic mass is 10.2. The normalized spacial score (nSPS) is 12.8. The monoisotopic (exact) mass is 230 g/mol. The first-order valence-corrected chi connectivity index (χ1v) is 5.93. The molecule has 0 aliphatic heterocycles. The molecule has 1 atom stereocenters. The summed E-state index contributed by atoms with van der Waals surface area (Å²) in [6.07, 6.45) is 2.75. The molecule has 14 heavy (non-hydrogen) atoms. The van der Waals surface area contributed by atoms with Crippen LogP contribution in [0.4, 0.5) is 0 Å². The third kappa shape index (κ3) is 3.42. The third-order valence-corrected chi connectivity index (χ3v) is 3.49. The van der Waals surface area contributed by atoms with E-state index in [4.69, 9.17) is 4.42 Å². The molecule has 0 N–H and O–H groups in total. The van der Waals surface area contributed by atoms with Crippen LogP contribution in [-0.4, -0.2) is 10.4 Å². The Balaban J connectivity index is 2.45. The van der Waals surface area contributed by atoms with E-state index >= 15 is 0 Å². The molecule has 0 aliphatic rings. The first-order chi connectivity index (χ1) is 6.63. The molecule has 1 heterocycles. The molecule has 1 rings (SSSR count). The summed E-state index contributed by atoms with van der Waals surface area (Å²) in [6, 6.07) is 1.90. The molecule has 78 valence electrons. The van der Waals surface area contributed by atoms with Gasteiger partial charge in [-0.1, -0.05) is 6.92 Å². The number of carbonyl (C=O) groups is 1. The highest BCUT2D eigenvalue weighted by atomic mass is 32.2. The molecule has 0 bridgehead atoms. The van der Waals surface area contributed by atoms with Crippen LogP contribution in [-0.2, 0) is 4.79 Å². The highest BCUT2D eigenvalue weighted by Gasteiger charge is 2.12. The van der Waals surface area contributed by atoms with Crippen molar-refractivity contribution in [2.75, 3.05) is 0 Å². The molecule has 0 spiro atoms. The van der Waals surface area contributed by atoms with Gasteiger partial charge in [-0.3, -0.25) is 4.79 Å². The van der Waals surface area contributed by atoms with E-state index in [2.05, 4.69) is 12.6 Å². The summed E-state index contributed by atoms with van der Waals surface area (Å²) in [5.41, 5.74) is 0. The molecular formula is C10H14O2S2. The predicted octanol–water partition coefficient (Wildman–Crippen LogP) is 3.31. The van der Waals surface area contributed by atoms with E-state index in [1.165, 1.54) is 0 Å².